The molecule has 3 aromatic carbocycles. The predicted octanol–water partition coefficient (Wildman–Crippen LogP) is 4.30. The van der Waals surface area contributed by atoms with E-state index in [9.17, 15) is 15.3 Å². The van der Waals surface area contributed by atoms with Crippen LogP contribution in [-0.4, -0.2) is 127 Å². The van der Waals surface area contributed by atoms with E-state index in [1.165, 1.54) is 96.2 Å². The molecule has 13 aliphatic rings. The van der Waals surface area contributed by atoms with Crippen molar-refractivity contribution in [2.45, 2.75) is 112 Å². The number of nitrogens with zero attached hydrogens (tertiary/aromatic N) is 3. The molecule has 1 unspecified atom stereocenters. The van der Waals surface area contributed by atoms with E-state index < -0.39 is 11.2 Å². The van der Waals surface area contributed by atoms with Gasteiger partial charge >= 0.3 is 29.6 Å². The van der Waals surface area contributed by atoms with Crippen molar-refractivity contribution < 1.29 is 60.5 Å². The van der Waals surface area contributed by atoms with E-state index in [-0.39, 0.29) is 42.7 Å². The van der Waals surface area contributed by atoms with E-state index >= 15 is 0 Å². The number of ether oxygens (including phenoxy) is 3. The fourth-order valence-corrected chi connectivity index (χ4v) is 12.0. The third kappa shape index (κ3) is 11.1. The molecule has 3 aromatic rings. The summed E-state index contributed by atoms with van der Waals surface area (Å²) >= 11 is 0. The maximum atomic E-state index is 11.2. The van der Waals surface area contributed by atoms with Crippen LogP contribution in [0.3, 0.4) is 0 Å². The maximum absolute atomic E-state index is 11.2. The molecular formula is C54H76N3NaO6. The standard InChI is InChI=1S/2C18H25NO2.C11H12O.C7H13NO.Na.H/c2*20-18(16-6-7-16,15-4-2-1-3-5-15)13-21-17-12-19-10-8-14(17)9-11-19;1-2-4-9(5-3-1)11(8-12-11)10-6-7-10;9-7-5-8-3-1-6(7)2-4-8;;/h2*1-5,14,16-17,20H,6-13H2;1-5,10H,6-8H2;6-7,9H,1-5H2;;/q;;;;+1;-1/t17-,18+;17-,18-;;7-;;/m11.1../s1. The Morgan fingerprint density at radius 2 is 0.906 bits per heavy atom. The molecule has 0 aromatic heterocycles. The van der Waals surface area contributed by atoms with E-state index in [0.29, 0.717) is 55.0 Å². The molecule has 3 aliphatic carbocycles. The molecule has 3 N–H and O–H groups in total. The van der Waals surface area contributed by atoms with Crippen molar-refractivity contribution in [2.75, 3.05) is 78.7 Å². The quantitative estimate of drug-likeness (QED) is 0.182. The summed E-state index contributed by atoms with van der Waals surface area (Å²) in [4.78, 5) is 7.36. The minimum atomic E-state index is -0.784. The zero-order valence-corrected chi connectivity index (χ0v) is 40.7. The molecule has 6 atom stereocenters. The fourth-order valence-electron chi connectivity index (χ4n) is 12.0. The molecule has 10 saturated heterocycles. The van der Waals surface area contributed by atoms with E-state index in [1.54, 1.807) is 0 Å². The second kappa shape index (κ2) is 20.9. The third-order valence-electron chi connectivity index (χ3n) is 16.9. The van der Waals surface area contributed by atoms with Crippen LogP contribution in [0.25, 0.3) is 0 Å². The normalized spacial score (nSPS) is 36.0. The van der Waals surface area contributed by atoms with Crippen molar-refractivity contribution in [3.8, 4) is 0 Å². The van der Waals surface area contributed by atoms with Gasteiger partial charge in [0, 0.05) is 19.6 Å². The molecule has 0 amide bonds. The zero-order chi connectivity index (χ0) is 42.9. The summed E-state index contributed by atoms with van der Waals surface area (Å²) in [6.45, 7) is 12.3. The van der Waals surface area contributed by atoms with Crippen LogP contribution in [0.2, 0.25) is 0 Å². The molecule has 3 saturated carbocycles. The third-order valence-corrected chi connectivity index (χ3v) is 16.9. The van der Waals surface area contributed by atoms with Crippen LogP contribution in [0.15, 0.2) is 91.0 Å². The number of rotatable bonds is 12. The summed E-state index contributed by atoms with van der Waals surface area (Å²) < 4.78 is 18.1. The van der Waals surface area contributed by atoms with Gasteiger partial charge in [0.25, 0.3) is 0 Å². The number of benzene rings is 3. The fraction of sp³-hybridized carbons (Fsp3) is 0.667. The molecule has 6 bridgehead atoms. The topological polar surface area (TPSA) is 101 Å². The Kier molecular flexibility index (Phi) is 15.5. The van der Waals surface area contributed by atoms with Gasteiger partial charge in [0.15, 0.2) is 0 Å². The summed E-state index contributed by atoms with van der Waals surface area (Å²) in [6.07, 6.45) is 15.3. The van der Waals surface area contributed by atoms with Gasteiger partial charge in [0.1, 0.15) is 16.8 Å². The van der Waals surface area contributed by atoms with Gasteiger partial charge in [-0.05, 0) is 169 Å². The number of epoxide rings is 1. The Labute approximate surface area is 407 Å². The van der Waals surface area contributed by atoms with Gasteiger partial charge < -0.3 is 45.7 Å². The molecule has 344 valence electrons. The van der Waals surface area contributed by atoms with Crippen molar-refractivity contribution in [2.24, 2.45) is 35.5 Å². The van der Waals surface area contributed by atoms with E-state index in [4.69, 9.17) is 14.2 Å². The Balaban J connectivity index is 0.000000123. The molecule has 10 heterocycles. The van der Waals surface area contributed by atoms with Crippen LogP contribution in [0.5, 0.6) is 0 Å². The molecule has 0 radical (unpaired) electrons. The minimum Gasteiger partial charge on any atom is -1.00 e. The molecule has 10 aliphatic heterocycles. The second-order valence-corrected chi connectivity index (χ2v) is 21.1. The van der Waals surface area contributed by atoms with Crippen LogP contribution in [0.1, 0.15) is 95.2 Å². The first-order valence-corrected chi connectivity index (χ1v) is 25.1. The summed E-state index contributed by atoms with van der Waals surface area (Å²) in [7, 11) is 0. The number of aliphatic hydroxyl groups is 3. The molecular weight excluding hydrogens is 810 g/mol. The molecule has 16 rings (SSSR count). The number of aliphatic hydroxyl groups excluding tert-OH is 1. The van der Waals surface area contributed by atoms with Crippen molar-refractivity contribution >= 4 is 0 Å². The first-order chi connectivity index (χ1) is 30.8. The summed E-state index contributed by atoms with van der Waals surface area (Å²) in [6, 6.07) is 30.8. The van der Waals surface area contributed by atoms with Gasteiger partial charge in [-0.1, -0.05) is 91.0 Å². The molecule has 13 fully saturated rings. The van der Waals surface area contributed by atoms with Crippen LogP contribution in [-0.2, 0) is 31.0 Å². The Hall–Kier alpha value is -1.70. The van der Waals surface area contributed by atoms with E-state index in [2.05, 4.69) is 45.0 Å². The van der Waals surface area contributed by atoms with E-state index in [1.807, 2.05) is 60.7 Å². The average molecular weight is 886 g/mol. The molecule has 0 spiro atoms. The summed E-state index contributed by atoms with van der Waals surface area (Å²) in [5.74, 6) is 3.61. The predicted molar refractivity (Wildman–Crippen MR) is 247 cm³/mol. The minimum absolute atomic E-state index is 0. The maximum Gasteiger partial charge on any atom is 1.00 e. The second-order valence-electron chi connectivity index (χ2n) is 21.1. The summed E-state index contributed by atoms with van der Waals surface area (Å²) in [5.41, 5.74) is 2.01. The molecule has 9 nitrogen and oxygen atoms in total. The van der Waals surface area contributed by atoms with Gasteiger partial charge in [0.2, 0.25) is 0 Å². The van der Waals surface area contributed by atoms with Crippen LogP contribution >= 0.6 is 0 Å². The smallest absolute Gasteiger partial charge is 1.00 e. The van der Waals surface area contributed by atoms with Gasteiger partial charge in [-0.25, -0.2) is 0 Å². The Morgan fingerprint density at radius 1 is 0.531 bits per heavy atom. The van der Waals surface area contributed by atoms with Crippen molar-refractivity contribution in [1.29, 1.82) is 0 Å². The number of hydrogen-bond donors (Lipinski definition) is 3. The van der Waals surface area contributed by atoms with Crippen molar-refractivity contribution in [1.82, 2.24) is 14.7 Å². The zero-order valence-electron chi connectivity index (χ0n) is 39.7. The average Bonchev–Trinajstić information content (AvgIpc) is 4.14. The van der Waals surface area contributed by atoms with E-state index in [0.717, 1.165) is 69.0 Å². The van der Waals surface area contributed by atoms with Gasteiger partial charge in [0.05, 0.1) is 38.1 Å². The summed E-state index contributed by atoms with van der Waals surface area (Å²) in [5, 5.41) is 31.7. The van der Waals surface area contributed by atoms with Gasteiger partial charge in [-0.2, -0.15) is 0 Å². The number of hydrogen-bond acceptors (Lipinski definition) is 9. The van der Waals surface area contributed by atoms with Crippen LogP contribution < -0.4 is 29.6 Å². The monoisotopic (exact) mass is 886 g/mol. The Bertz CT molecular complexity index is 1790. The van der Waals surface area contributed by atoms with Crippen molar-refractivity contribution in [3.63, 3.8) is 0 Å². The van der Waals surface area contributed by atoms with Crippen molar-refractivity contribution in [3.05, 3.63) is 108 Å². The van der Waals surface area contributed by atoms with Crippen LogP contribution in [0.4, 0.5) is 0 Å². The first-order valence-electron chi connectivity index (χ1n) is 25.1. The molecule has 64 heavy (non-hydrogen) atoms. The van der Waals surface area contributed by atoms with Crippen LogP contribution in [0, 0.1) is 35.5 Å². The Morgan fingerprint density at radius 3 is 1.19 bits per heavy atom. The number of fused-ring (bicyclic) bond motifs is 9. The van der Waals surface area contributed by atoms with Gasteiger partial charge in [-0.15, -0.1) is 0 Å². The van der Waals surface area contributed by atoms with Gasteiger partial charge in [-0.3, -0.25) is 0 Å². The largest absolute Gasteiger partial charge is 1.00 e. The molecule has 10 heteroatoms. The SMILES string of the molecule is O[C@@H]1CN2CCC1CC2.O[C@@](CO[C@@H]1CN2CCC1CC2)(c1ccccc1)C1CC1.O[C@](CO[C@@H]1CN2CCC1CC2)(c1ccccc1)C1CC1.[H-].[Na+].c1ccc(C2(C3CC3)CO2)cc1. The first kappa shape index (κ1) is 47.4. The number of piperidine rings is 9.